The van der Waals surface area contributed by atoms with Crippen molar-refractivity contribution in [3.05, 3.63) is 63.6 Å². The third kappa shape index (κ3) is 4.45. The molecule has 1 aliphatic rings. The van der Waals surface area contributed by atoms with Gasteiger partial charge in [0.15, 0.2) is 0 Å². The molecule has 1 fully saturated rings. The Bertz CT molecular complexity index is 838. The van der Waals surface area contributed by atoms with Crippen LogP contribution < -0.4 is 10.6 Å². The largest absolute Gasteiger partial charge is 0.360 e. The molecule has 0 aliphatic carbocycles. The number of hydrogen-bond donors (Lipinski definition) is 1. The van der Waals surface area contributed by atoms with Gasteiger partial charge in [-0.2, -0.15) is 0 Å². The van der Waals surface area contributed by atoms with Gasteiger partial charge in [0.2, 0.25) is 5.91 Å². The summed E-state index contributed by atoms with van der Waals surface area (Å²) in [5.41, 5.74) is 9.33. The number of aryl methyl sites for hydroxylation is 1. The van der Waals surface area contributed by atoms with Gasteiger partial charge in [0.1, 0.15) is 0 Å². The summed E-state index contributed by atoms with van der Waals surface area (Å²) in [5, 5.41) is 1.41. The molecule has 1 aliphatic heterocycles. The second kappa shape index (κ2) is 8.73. The number of carbonyl (C=O) groups excluding carboxylic acids is 1. The van der Waals surface area contributed by atoms with Gasteiger partial charge in [-0.1, -0.05) is 55.2 Å². The van der Waals surface area contributed by atoms with Crippen molar-refractivity contribution in [1.29, 1.82) is 0 Å². The first kappa shape index (κ1) is 21.0. The third-order valence-electron chi connectivity index (χ3n) is 5.36. The highest BCUT2D eigenvalue weighted by molar-refractivity contribution is 6.33. The van der Waals surface area contributed by atoms with Crippen molar-refractivity contribution in [3.63, 3.8) is 0 Å². The maximum Gasteiger partial charge on any atom is 0.239 e. The number of benzene rings is 2. The van der Waals surface area contributed by atoms with Crippen molar-refractivity contribution < 1.29 is 4.79 Å². The molecule has 28 heavy (non-hydrogen) atoms. The van der Waals surface area contributed by atoms with E-state index in [1.54, 1.807) is 0 Å². The summed E-state index contributed by atoms with van der Waals surface area (Å²) < 4.78 is 0. The van der Waals surface area contributed by atoms with Crippen molar-refractivity contribution in [2.24, 2.45) is 11.7 Å². The molecule has 6 heteroatoms. The molecule has 0 saturated carbocycles. The first-order chi connectivity index (χ1) is 13.3. The fourth-order valence-electron chi connectivity index (χ4n) is 3.58. The van der Waals surface area contributed by atoms with Gasteiger partial charge in [0.05, 0.1) is 22.8 Å². The van der Waals surface area contributed by atoms with Gasteiger partial charge in [0, 0.05) is 24.7 Å². The zero-order valence-corrected chi connectivity index (χ0v) is 18.0. The van der Waals surface area contributed by atoms with Gasteiger partial charge < -0.3 is 15.5 Å². The number of hydrogen-bond acceptors (Lipinski definition) is 3. The Labute approximate surface area is 177 Å². The minimum Gasteiger partial charge on any atom is -0.360 e. The predicted octanol–water partition coefficient (Wildman–Crippen LogP) is 4.68. The van der Waals surface area contributed by atoms with Gasteiger partial charge in [-0.05, 0) is 48.2 Å². The molecular weight excluding hydrogens is 393 g/mol. The number of nitrogens with two attached hydrogens (primary N) is 1. The summed E-state index contributed by atoms with van der Waals surface area (Å²) in [5.74, 6) is 0.106. The van der Waals surface area contributed by atoms with Crippen LogP contribution in [0.1, 0.15) is 31.0 Å². The van der Waals surface area contributed by atoms with Crippen LogP contribution in [0, 0.1) is 12.8 Å². The van der Waals surface area contributed by atoms with E-state index in [-0.39, 0.29) is 17.9 Å². The normalized spacial score (nSPS) is 18.5. The Morgan fingerprint density at radius 1 is 1.11 bits per heavy atom. The van der Waals surface area contributed by atoms with E-state index in [4.69, 9.17) is 28.9 Å². The van der Waals surface area contributed by atoms with E-state index in [9.17, 15) is 4.79 Å². The zero-order valence-electron chi connectivity index (χ0n) is 16.5. The number of halogens is 2. The van der Waals surface area contributed by atoms with E-state index in [1.165, 1.54) is 0 Å². The number of carbonyl (C=O) groups is 1. The Morgan fingerprint density at radius 3 is 2.39 bits per heavy atom. The van der Waals surface area contributed by atoms with Crippen molar-refractivity contribution >= 4 is 34.8 Å². The second-order valence-corrected chi connectivity index (χ2v) is 8.61. The monoisotopic (exact) mass is 419 g/mol. The number of anilines is 1. The molecule has 0 aromatic heterocycles. The van der Waals surface area contributed by atoms with E-state index in [2.05, 4.69) is 17.0 Å². The van der Waals surface area contributed by atoms with E-state index >= 15 is 0 Å². The summed E-state index contributed by atoms with van der Waals surface area (Å²) in [4.78, 5) is 17.0. The average Bonchev–Trinajstić information content (AvgIpc) is 2.67. The molecule has 3 rings (SSSR count). The quantitative estimate of drug-likeness (QED) is 0.782. The van der Waals surface area contributed by atoms with Crippen LogP contribution in [-0.4, -0.2) is 36.5 Å². The SMILES string of the molecule is Cc1ccc(N2CCN(C(=O)[C@@H](N)C(C)C)C[C@H]2c2ccc(Cl)cc2)c(Cl)c1. The predicted molar refractivity (Wildman–Crippen MR) is 117 cm³/mol. The van der Waals surface area contributed by atoms with Crippen LogP contribution in [0.4, 0.5) is 5.69 Å². The van der Waals surface area contributed by atoms with Gasteiger partial charge in [-0.15, -0.1) is 0 Å². The lowest BCUT2D eigenvalue weighted by molar-refractivity contribution is -0.134. The summed E-state index contributed by atoms with van der Waals surface area (Å²) in [6.45, 7) is 7.84. The molecule has 2 aromatic rings. The van der Waals surface area contributed by atoms with Crippen LogP contribution in [0.2, 0.25) is 10.0 Å². The maximum atomic E-state index is 12.9. The first-order valence-corrected chi connectivity index (χ1v) is 10.4. The molecule has 2 aromatic carbocycles. The lowest BCUT2D eigenvalue weighted by atomic mass is 9.98. The van der Waals surface area contributed by atoms with Crippen molar-refractivity contribution in [1.82, 2.24) is 4.90 Å². The summed E-state index contributed by atoms with van der Waals surface area (Å²) in [6.07, 6.45) is 0. The second-order valence-electron chi connectivity index (χ2n) is 7.77. The van der Waals surface area contributed by atoms with Crippen LogP contribution in [0.3, 0.4) is 0 Å². The van der Waals surface area contributed by atoms with Gasteiger partial charge in [-0.3, -0.25) is 4.79 Å². The summed E-state index contributed by atoms with van der Waals surface area (Å²) in [7, 11) is 0. The molecule has 4 nitrogen and oxygen atoms in total. The van der Waals surface area contributed by atoms with Crippen molar-refractivity contribution in [3.8, 4) is 0 Å². The lowest BCUT2D eigenvalue weighted by Crippen LogP contribution is -2.55. The highest BCUT2D eigenvalue weighted by atomic mass is 35.5. The topological polar surface area (TPSA) is 49.6 Å². The molecule has 0 bridgehead atoms. The molecule has 0 unspecified atom stereocenters. The van der Waals surface area contributed by atoms with E-state index < -0.39 is 6.04 Å². The number of nitrogens with zero attached hydrogens (tertiary/aromatic N) is 2. The summed E-state index contributed by atoms with van der Waals surface area (Å²) in [6, 6.07) is 13.4. The van der Waals surface area contributed by atoms with Gasteiger partial charge in [-0.25, -0.2) is 0 Å². The number of rotatable bonds is 4. The van der Waals surface area contributed by atoms with E-state index in [0.29, 0.717) is 24.7 Å². The van der Waals surface area contributed by atoms with Crippen LogP contribution in [0.15, 0.2) is 42.5 Å². The van der Waals surface area contributed by atoms with Crippen LogP contribution in [-0.2, 0) is 4.79 Å². The smallest absolute Gasteiger partial charge is 0.239 e. The number of amides is 1. The van der Waals surface area contributed by atoms with Gasteiger partial charge >= 0.3 is 0 Å². The minimum atomic E-state index is -0.486. The Morgan fingerprint density at radius 2 is 1.79 bits per heavy atom. The highest BCUT2D eigenvalue weighted by Gasteiger charge is 2.34. The maximum absolute atomic E-state index is 12.9. The fourth-order valence-corrected chi connectivity index (χ4v) is 4.05. The van der Waals surface area contributed by atoms with Crippen LogP contribution in [0.25, 0.3) is 0 Å². The zero-order chi connectivity index (χ0) is 20.4. The summed E-state index contributed by atoms with van der Waals surface area (Å²) >= 11 is 12.7. The first-order valence-electron chi connectivity index (χ1n) is 9.60. The Hall–Kier alpha value is -1.75. The molecule has 0 radical (unpaired) electrons. The molecule has 2 atom stereocenters. The fraction of sp³-hybridized carbons (Fsp3) is 0.409. The molecule has 0 spiro atoms. The average molecular weight is 420 g/mol. The lowest BCUT2D eigenvalue weighted by Gasteiger charge is -2.44. The molecule has 1 amide bonds. The standard InChI is InChI=1S/C22H27Cl2N3O/c1-14(2)21(25)22(28)26-10-11-27(19-9-4-15(3)12-18(19)24)20(13-26)16-5-7-17(23)8-6-16/h4-9,12,14,20-21H,10-11,13,25H2,1-3H3/t20-,21-/m0/s1. The Kier molecular flexibility index (Phi) is 6.54. The van der Waals surface area contributed by atoms with Gasteiger partial charge in [0.25, 0.3) is 0 Å². The molecule has 1 saturated heterocycles. The molecule has 1 heterocycles. The number of piperazine rings is 1. The van der Waals surface area contributed by atoms with Crippen molar-refractivity contribution in [2.45, 2.75) is 32.9 Å². The highest BCUT2D eigenvalue weighted by Crippen LogP contribution is 2.36. The van der Waals surface area contributed by atoms with E-state index in [1.807, 2.05) is 56.0 Å². The van der Waals surface area contributed by atoms with Crippen LogP contribution in [0.5, 0.6) is 0 Å². The Balaban J connectivity index is 1.94. The van der Waals surface area contributed by atoms with Crippen molar-refractivity contribution in [2.75, 3.05) is 24.5 Å². The third-order valence-corrected chi connectivity index (χ3v) is 5.92. The molecule has 2 N–H and O–H groups in total. The molecule has 150 valence electrons. The van der Waals surface area contributed by atoms with Crippen LogP contribution >= 0.6 is 23.2 Å². The molecular formula is C22H27Cl2N3O. The minimum absolute atomic E-state index is 0.00335. The van der Waals surface area contributed by atoms with E-state index in [0.717, 1.165) is 21.8 Å².